The molecule has 3 heterocycles. The van der Waals surface area contributed by atoms with Gasteiger partial charge in [0.05, 0.1) is 18.5 Å². The molecular weight excluding hydrogens is 384 g/mol. The number of nitrogens with one attached hydrogen (secondary N) is 2. The highest BCUT2D eigenvalue weighted by Crippen LogP contribution is 2.45. The minimum Gasteiger partial charge on any atom is -0.481 e. The van der Waals surface area contributed by atoms with Crippen LogP contribution in [0.5, 0.6) is 0 Å². The maximum Gasteiger partial charge on any atom is 0.305 e. The molecule has 3 atom stereocenters. The molecule has 0 bridgehead atoms. The number of anilines is 1. The Kier molecular flexibility index (Phi) is 4.61. The normalized spacial score (nSPS) is 23.9. The number of carbonyl (C=O) groups is 1. The highest BCUT2D eigenvalue weighted by atomic mass is 35.5. The number of amidine groups is 1. The lowest BCUT2D eigenvalue weighted by atomic mass is 9.96. The van der Waals surface area contributed by atoms with Crippen LogP contribution in [0.2, 0.25) is 5.02 Å². The molecule has 1 aromatic heterocycles. The maximum atomic E-state index is 11.5. The highest BCUT2D eigenvalue weighted by Gasteiger charge is 2.42. The lowest BCUT2D eigenvalue weighted by Crippen LogP contribution is -2.53. The molecule has 0 saturated heterocycles. The lowest BCUT2D eigenvalue weighted by Gasteiger charge is -2.29. The fraction of sp³-hybridized carbons (Fsp3) is 0.368. The molecule has 0 aliphatic carbocycles. The fourth-order valence-corrected chi connectivity index (χ4v) is 5.23. The zero-order chi connectivity index (χ0) is 19.3. The van der Waals surface area contributed by atoms with E-state index in [1.807, 2.05) is 31.2 Å². The molecule has 3 N–H and O–H groups in total. The Labute approximate surface area is 166 Å². The smallest absolute Gasteiger partial charge is 0.305 e. The summed E-state index contributed by atoms with van der Waals surface area (Å²) in [5, 5.41) is 19.2. The number of benzene rings is 1. The Balaban J connectivity index is 1.89. The predicted octanol–water partition coefficient (Wildman–Crippen LogP) is 3.62. The second-order valence-corrected chi connectivity index (χ2v) is 8.60. The van der Waals surface area contributed by atoms with Crippen molar-refractivity contribution in [2.75, 3.05) is 4.90 Å². The van der Waals surface area contributed by atoms with Crippen LogP contribution in [-0.4, -0.2) is 29.1 Å². The lowest BCUT2D eigenvalue weighted by molar-refractivity contribution is -0.137. The van der Waals surface area contributed by atoms with E-state index in [4.69, 9.17) is 11.6 Å². The molecule has 4 rings (SSSR count). The first-order chi connectivity index (χ1) is 12.9. The second-order valence-electron chi connectivity index (χ2n) is 6.96. The Morgan fingerprint density at radius 3 is 2.67 bits per heavy atom. The quantitative estimate of drug-likeness (QED) is 0.728. The van der Waals surface area contributed by atoms with Gasteiger partial charge in [-0.25, -0.2) is 0 Å². The highest BCUT2D eigenvalue weighted by molar-refractivity contribution is 7.16. The molecule has 0 saturated carbocycles. The number of aliphatic carboxylic acids is 1. The number of aryl methyl sites for hydroxylation is 1. The molecule has 0 radical (unpaired) electrons. The number of thiophene rings is 1. The largest absolute Gasteiger partial charge is 0.481 e. The zero-order valence-electron chi connectivity index (χ0n) is 15.3. The predicted molar refractivity (Wildman–Crippen MR) is 109 cm³/mol. The molecule has 0 spiro atoms. The summed E-state index contributed by atoms with van der Waals surface area (Å²) in [6.45, 7) is 6.19. The van der Waals surface area contributed by atoms with Gasteiger partial charge in [-0.3, -0.25) is 20.4 Å². The summed E-state index contributed by atoms with van der Waals surface area (Å²) in [6.07, 6.45) is -0.247. The van der Waals surface area contributed by atoms with Gasteiger partial charge in [0.2, 0.25) is 0 Å². The van der Waals surface area contributed by atoms with E-state index in [9.17, 15) is 9.90 Å². The summed E-state index contributed by atoms with van der Waals surface area (Å²) in [4.78, 5) is 14.9. The number of hydrogen-bond donors (Lipinski definition) is 3. The van der Waals surface area contributed by atoms with Crippen molar-refractivity contribution >= 4 is 39.7 Å². The number of halogens is 1. The Morgan fingerprint density at radius 1 is 1.30 bits per heavy atom. The van der Waals surface area contributed by atoms with Crippen molar-refractivity contribution < 1.29 is 9.90 Å². The van der Waals surface area contributed by atoms with Gasteiger partial charge in [0, 0.05) is 15.5 Å². The SMILES string of the molecule is CC1=NNC2[C@H](CC(=O)O)NC(c3ccc(Cl)cc3)c3c(sc(C)c3C)N12. The van der Waals surface area contributed by atoms with Crippen LogP contribution in [0.1, 0.15) is 41.0 Å². The zero-order valence-corrected chi connectivity index (χ0v) is 16.9. The molecule has 27 heavy (non-hydrogen) atoms. The van der Waals surface area contributed by atoms with Crippen molar-refractivity contribution in [2.24, 2.45) is 5.10 Å². The Morgan fingerprint density at radius 2 is 2.00 bits per heavy atom. The summed E-state index contributed by atoms with van der Waals surface area (Å²) in [6, 6.07) is 7.30. The van der Waals surface area contributed by atoms with Crippen molar-refractivity contribution in [3.63, 3.8) is 0 Å². The van der Waals surface area contributed by atoms with Crippen LogP contribution >= 0.6 is 22.9 Å². The van der Waals surface area contributed by atoms with Crippen LogP contribution in [0, 0.1) is 13.8 Å². The van der Waals surface area contributed by atoms with E-state index in [1.54, 1.807) is 11.3 Å². The molecular formula is C19H21ClN4O2S. The van der Waals surface area contributed by atoms with Crippen molar-refractivity contribution in [3.8, 4) is 0 Å². The van der Waals surface area contributed by atoms with Gasteiger partial charge in [-0.1, -0.05) is 23.7 Å². The third-order valence-electron chi connectivity index (χ3n) is 5.26. The first-order valence-corrected chi connectivity index (χ1v) is 9.98. The van der Waals surface area contributed by atoms with Gasteiger partial charge in [0.1, 0.15) is 17.0 Å². The van der Waals surface area contributed by atoms with E-state index in [-0.39, 0.29) is 24.7 Å². The average molecular weight is 405 g/mol. The average Bonchev–Trinajstić information content (AvgIpc) is 3.08. The summed E-state index contributed by atoms with van der Waals surface area (Å²) in [5.41, 5.74) is 6.59. The monoisotopic (exact) mass is 404 g/mol. The standard InChI is InChI=1S/C19H21ClN4O2S/c1-9-10(2)27-19-16(9)17(12-4-6-13(20)7-5-12)21-14(8-15(25)26)18-23-22-11(3)24(18)19/h4-7,14,17-18,21,23H,8H2,1-3H3,(H,25,26)/t14-,17?,18?/m0/s1. The Hall–Kier alpha value is -2.09. The number of rotatable bonds is 3. The minimum atomic E-state index is -0.841. The summed E-state index contributed by atoms with van der Waals surface area (Å²) < 4.78 is 0. The molecule has 2 unspecified atom stereocenters. The summed E-state index contributed by atoms with van der Waals surface area (Å²) in [7, 11) is 0. The molecule has 1 aromatic carbocycles. The van der Waals surface area contributed by atoms with Crippen LogP contribution in [0.3, 0.4) is 0 Å². The Bertz CT molecular complexity index is 925. The number of hydrogen-bond acceptors (Lipinski definition) is 6. The third kappa shape index (κ3) is 3.09. The van der Waals surface area contributed by atoms with E-state index in [0.29, 0.717) is 5.02 Å². The first kappa shape index (κ1) is 18.3. The summed E-state index contributed by atoms with van der Waals surface area (Å²) >= 11 is 7.81. The number of nitrogens with zero attached hydrogens (tertiary/aromatic N) is 2. The first-order valence-electron chi connectivity index (χ1n) is 8.79. The van der Waals surface area contributed by atoms with Gasteiger partial charge in [-0.05, 0) is 44.0 Å². The van der Waals surface area contributed by atoms with Crippen LogP contribution in [0.25, 0.3) is 0 Å². The van der Waals surface area contributed by atoms with E-state index in [2.05, 4.69) is 34.6 Å². The third-order valence-corrected chi connectivity index (χ3v) is 6.74. The van der Waals surface area contributed by atoms with Crippen LogP contribution < -0.4 is 15.6 Å². The molecule has 8 heteroatoms. The van der Waals surface area contributed by atoms with Crippen molar-refractivity contribution in [3.05, 3.63) is 50.9 Å². The molecule has 142 valence electrons. The van der Waals surface area contributed by atoms with E-state index >= 15 is 0 Å². The van der Waals surface area contributed by atoms with Crippen molar-refractivity contribution in [1.82, 2.24) is 10.7 Å². The second kappa shape index (κ2) is 6.82. The molecule has 6 nitrogen and oxygen atoms in total. The summed E-state index contributed by atoms with van der Waals surface area (Å²) in [5.74, 6) is 0.00302. The minimum absolute atomic E-state index is 0.00593. The van der Waals surface area contributed by atoms with E-state index in [1.165, 1.54) is 16.0 Å². The number of hydrazone groups is 1. The topological polar surface area (TPSA) is 77.0 Å². The van der Waals surface area contributed by atoms with Gasteiger partial charge in [0.15, 0.2) is 0 Å². The van der Waals surface area contributed by atoms with Crippen molar-refractivity contribution in [1.29, 1.82) is 0 Å². The van der Waals surface area contributed by atoms with E-state index in [0.717, 1.165) is 16.4 Å². The van der Waals surface area contributed by atoms with Crippen LogP contribution in [0.15, 0.2) is 29.4 Å². The van der Waals surface area contributed by atoms with E-state index < -0.39 is 5.97 Å². The van der Waals surface area contributed by atoms with Gasteiger partial charge < -0.3 is 5.11 Å². The van der Waals surface area contributed by atoms with Gasteiger partial charge in [-0.2, -0.15) is 5.10 Å². The maximum absolute atomic E-state index is 11.5. The number of carboxylic acids is 1. The van der Waals surface area contributed by atoms with Crippen LogP contribution in [-0.2, 0) is 4.79 Å². The van der Waals surface area contributed by atoms with Gasteiger partial charge in [0.25, 0.3) is 0 Å². The molecule has 2 aliphatic rings. The molecule has 0 fully saturated rings. The van der Waals surface area contributed by atoms with Crippen LogP contribution in [0.4, 0.5) is 5.00 Å². The molecule has 2 aromatic rings. The van der Waals surface area contributed by atoms with Crippen molar-refractivity contribution in [2.45, 2.75) is 45.4 Å². The van der Waals surface area contributed by atoms with Gasteiger partial charge >= 0.3 is 5.97 Å². The fourth-order valence-electron chi connectivity index (χ4n) is 3.83. The number of carboxylic acid groups (broad SMARTS) is 1. The van der Waals surface area contributed by atoms with Gasteiger partial charge in [-0.15, -0.1) is 11.3 Å². The molecule has 0 amide bonds. The number of fused-ring (bicyclic) bond motifs is 3. The molecule has 2 aliphatic heterocycles.